The lowest BCUT2D eigenvalue weighted by Gasteiger charge is -2.29. The van der Waals surface area contributed by atoms with Crippen LogP contribution in [0, 0.1) is 11.3 Å². The van der Waals surface area contributed by atoms with E-state index in [0.29, 0.717) is 6.61 Å². The summed E-state index contributed by atoms with van der Waals surface area (Å²) in [5.74, 6) is 0. The third kappa shape index (κ3) is 6.51. The van der Waals surface area contributed by atoms with E-state index in [-0.39, 0.29) is 24.8 Å². The standard InChI is InChI=1S/C12H24NO4P/c1-6-15-18(14,9-7-8-13)12(16-10(2)3)17-11(4)5/h10-12H,6-7,9H2,1-5H3. The average molecular weight is 277 g/mol. The first kappa shape index (κ1) is 17.6. The van der Waals surface area contributed by atoms with Crippen LogP contribution in [-0.4, -0.2) is 31.0 Å². The van der Waals surface area contributed by atoms with E-state index >= 15 is 0 Å². The minimum atomic E-state index is -3.12. The van der Waals surface area contributed by atoms with Crippen molar-refractivity contribution in [1.82, 2.24) is 0 Å². The molecule has 0 saturated heterocycles. The summed E-state index contributed by atoms with van der Waals surface area (Å²) in [6.45, 7) is 9.45. The molecule has 0 saturated carbocycles. The highest BCUT2D eigenvalue weighted by atomic mass is 31.2. The summed E-state index contributed by atoms with van der Waals surface area (Å²) in [5.41, 5.74) is 0. The minimum absolute atomic E-state index is 0.121. The maximum atomic E-state index is 12.7. The molecule has 5 nitrogen and oxygen atoms in total. The quantitative estimate of drug-likeness (QED) is 0.477. The van der Waals surface area contributed by atoms with Crippen molar-refractivity contribution in [3.63, 3.8) is 0 Å². The molecule has 0 heterocycles. The van der Waals surface area contributed by atoms with E-state index in [1.807, 2.05) is 33.8 Å². The van der Waals surface area contributed by atoms with Crippen LogP contribution in [0.5, 0.6) is 0 Å². The van der Waals surface area contributed by atoms with Crippen molar-refractivity contribution in [2.75, 3.05) is 12.8 Å². The van der Waals surface area contributed by atoms with Gasteiger partial charge in [-0.15, -0.1) is 0 Å². The first-order chi connectivity index (χ1) is 8.35. The molecule has 0 rings (SSSR count). The topological polar surface area (TPSA) is 68.6 Å². The van der Waals surface area contributed by atoms with E-state index < -0.39 is 13.4 Å². The molecular formula is C12H24NO4P. The van der Waals surface area contributed by atoms with Crippen LogP contribution in [0.15, 0.2) is 0 Å². The number of nitriles is 1. The monoisotopic (exact) mass is 277 g/mol. The zero-order valence-electron chi connectivity index (χ0n) is 11.9. The third-order valence-electron chi connectivity index (χ3n) is 1.98. The number of rotatable bonds is 9. The number of nitrogens with zero attached hydrogens (tertiary/aromatic N) is 1. The molecule has 0 N–H and O–H groups in total. The van der Waals surface area contributed by atoms with E-state index in [9.17, 15) is 4.57 Å². The van der Waals surface area contributed by atoms with Crippen LogP contribution in [0.25, 0.3) is 0 Å². The van der Waals surface area contributed by atoms with Crippen molar-refractivity contribution in [2.24, 2.45) is 0 Å². The van der Waals surface area contributed by atoms with Gasteiger partial charge in [-0.3, -0.25) is 4.57 Å². The molecular weight excluding hydrogens is 253 g/mol. The predicted octanol–water partition coefficient (Wildman–Crippen LogP) is 3.35. The molecule has 0 spiro atoms. The lowest BCUT2D eigenvalue weighted by molar-refractivity contribution is -0.138. The molecule has 0 amide bonds. The van der Waals surface area contributed by atoms with Gasteiger partial charge >= 0.3 is 0 Å². The van der Waals surface area contributed by atoms with Gasteiger partial charge in [0.25, 0.3) is 7.37 Å². The third-order valence-corrected chi connectivity index (χ3v) is 4.41. The van der Waals surface area contributed by atoms with Crippen molar-refractivity contribution in [1.29, 1.82) is 5.26 Å². The summed E-state index contributed by atoms with van der Waals surface area (Å²) in [5, 5.41) is 8.64. The van der Waals surface area contributed by atoms with Crippen LogP contribution >= 0.6 is 7.37 Å². The molecule has 6 heteroatoms. The first-order valence-electron chi connectivity index (χ1n) is 6.26. The minimum Gasteiger partial charge on any atom is -0.342 e. The second-order valence-corrected chi connectivity index (χ2v) is 7.03. The van der Waals surface area contributed by atoms with Crippen LogP contribution in [-0.2, 0) is 18.6 Å². The highest BCUT2D eigenvalue weighted by molar-refractivity contribution is 7.59. The Kier molecular flexibility index (Phi) is 8.47. The van der Waals surface area contributed by atoms with E-state index in [2.05, 4.69) is 0 Å². The second-order valence-electron chi connectivity index (χ2n) is 4.45. The second kappa shape index (κ2) is 8.66. The fraction of sp³-hybridized carbons (Fsp3) is 0.917. The Bertz CT molecular complexity index is 302. The van der Waals surface area contributed by atoms with Crippen molar-refractivity contribution in [3.05, 3.63) is 0 Å². The first-order valence-corrected chi connectivity index (χ1v) is 8.14. The molecule has 0 aliphatic carbocycles. The zero-order valence-corrected chi connectivity index (χ0v) is 12.8. The maximum Gasteiger partial charge on any atom is 0.258 e. The van der Waals surface area contributed by atoms with Crippen molar-refractivity contribution >= 4 is 7.37 Å². The largest absolute Gasteiger partial charge is 0.342 e. The van der Waals surface area contributed by atoms with E-state index in [0.717, 1.165) is 0 Å². The smallest absolute Gasteiger partial charge is 0.258 e. The molecule has 1 unspecified atom stereocenters. The van der Waals surface area contributed by atoms with Crippen molar-refractivity contribution < 1.29 is 18.6 Å². The molecule has 1 atom stereocenters. The van der Waals surface area contributed by atoms with Gasteiger partial charge in [0, 0.05) is 12.6 Å². The van der Waals surface area contributed by atoms with Crippen LogP contribution in [0.3, 0.4) is 0 Å². The Balaban J connectivity index is 4.94. The summed E-state index contributed by atoms with van der Waals surface area (Å²) >= 11 is 0. The highest BCUT2D eigenvalue weighted by Gasteiger charge is 2.37. The van der Waals surface area contributed by atoms with E-state index in [4.69, 9.17) is 19.3 Å². The summed E-state index contributed by atoms with van der Waals surface area (Å²) in [6.07, 6.45) is 0.0761. The van der Waals surface area contributed by atoms with E-state index in [1.54, 1.807) is 6.92 Å². The molecule has 0 aromatic carbocycles. The van der Waals surface area contributed by atoms with Crippen LogP contribution in [0.2, 0.25) is 0 Å². The molecule has 106 valence electrons. The molecule has 0 aromatic heterocycles. The molecule has 18 heavy (non-hydrogen) atoms. The fourth-order valence-electron chi connectivity index (χ4n) is 1.34. The Morgan fingerprint density at radius 2 is 1.67 bits per heavy atom. The molecule has 0 aliphatic rings. The molecule has 0 bridgehead atoms. The van der Waals surface area contributed by atoms with Gasteiger partial charge in [0.15, 0.2) is 0 Å². The van der Waals surface area contributed by atoms with Gasteiger partial charge in [0.1, 0.15) is 0 Å². The maximum absolute atomic E-state index is 12.7. The summed E-state index contributed by atoms with van der Waals surface area (Å²) in [7, 11) is -3.12. The van der Waals surface area contributed by atoms with Crippen molar-refractivity contribution in [2.45, 2.75) is 59.3 Å². The van der Waals surface area contributed by atoms with Gasteiger partial charge in [-0.2, -0.15) is 5.26 Å². The summed E-state index contributed by atoms with van der Waals surface area (Å²) in [6, 6.07) is 1.08. The Morgan fingerprint density at radius 3 is 2.00 bits per heavy atom. The normalized spacial score (nSPS) is 15.1. The van der Waals surface area contributed by atoms with Gasteiger partial charge in [-0.1, -0.05) is 0 Å². The Hall–Kier alpha value is -0.400. The predicted molar refractivity (Wildman–Crippen MR) is 70.6 cm³/mol. The number of ether oxygens (including phenoxy) is 2. The highest BCUT2D eigenvalue weighted by Crippen LogP contribution is 2.53. The number of hydrogen-bond donors (Lipinski definition) is 0. The zero-order chi connectivity index (χ0) is 14.2. The van der Waals surface area contributed by atoms with Gasteiger partial charge in [-0.05, 0) is 34.6 Å². The van der Waals surface area contributed by atoms with Crippen LogP contribution in [0.4, 0.5) is 0 Å². The molecule has 0 radical (unpaired) electrons. The Morgan fingerprint density at radius 1 is 1.17 bits per heavy atom. The number of hydrogen-bond acceptors (Lipinski definition) is 5. The molecule has 0 aromatic rings. The lowest BCUT2D eigenvalue weighted by atomic mass is 10.5. The summed E-state index contributed by atoms with van der Waals surface area (Å²) in [4.78, 5) is 0. The van der Waals surface area contributed by atoms with Crippen molar-refractivity contribution in [3.8, 4) is 6.07 Å². The Labute approximate surface area is 110 Å². The van der Waals surface area contributed by atoms with Gasteiger partial charge < -0.3 is 14.0 Å². The average Bonchev–Trinajstić information content (AvgIpc) is 2.24. The van der Waals surface area contributed by atoms with Gasteiger partial charge in [0.2, 0.25) is 6.03 Å². The van der Waals surface area contributed by atoms with Crippen LogP contribution < -0.4 is 0 Å². The van der Waals surface area contributed by atoms with Gasteiger partial charge in [0.05, 0.1) is 24.9 Å². The molecule has 0 fully saturated rings. The van der Waals surface area contributed by atoms with E-state index in [1.165, 1.54) is 0 Å². The SMILES string of the molecule is CCOP(=O)(CCC#N)C(OC(C)C)OC(C)C. The summed E-state index contributed by atoms with van der Waals surface area (Å²) < 4.78 is 29.2. The lowest BCUT2D eigenvalue weighted by Crippen LogP contribution is -2.26. The fourth-order valence-corrected chi connectivity index (χ4v) is 3.51. The van der Waals surface area contributed by atoms with Gasteiger partial charge in [-0.25, -0.2) is 0 Å². The van der Waals surface area contributed by atoms with Crippen LogP contribution in [0.1, 0.15) is 41.0 Å². The molecule has 0 aliphatic heterocycles.